The third-order valence-corrected chi connectivity index (χ3v) is 4.78. The van der Waals surface area contributed by atoms with Crippen molar-refractivity contribution in [2.24, 2.45) is 0 Å². The van der Waals surface area contributed by atoms with Gasteiger partial charge in [-0.3, -0.25) is 9.97 Å². The van der Waals surface area contributed by atoms with Gasteiger partial charge in [0.2, 0.25) is 0 Å². The summed E-state index contributed by atoms with van der Waals surface area (Å²) in [5, 5.41) is 0. The van der Waals surface area contributed by atoms with Gasteiger partial charge in [-0.15, -0.1) is 0 Å². The van der Waals surface area contributed by atoms with Crippen molar-refractivity contribution in [1.29, 1.82) is 0 Å². The number of benzene rings is 1. The molecule has 5 heteroatoms. The van der Waals surface area contributed by atoms with Crippen LogP contribution >= 0.6 is 0 Å². The van der Waals surface area contributed by atoms with Gasteiger partial charge in [-0.2, -0.15) is 0 Å². The highest BCUT2D eigenvalue weighted by molar-refractivity contribution is 5.81. The summed E-state index contributed by atoms with van der Waals surface area (Å²) in [5.74, 6) is 1.17. The molecule has 1 aliphatic heterocycles. The molecule has 24 heavy (non-hydrogen) atoms. The van der Waals surface area contributed by atoms with Crippen LogP contribution in [0.5, 0.6) is 0 Å². The van der Waals surface area contributed by atoms with Crippen molar-refractivity contribution >= 4 is 11.0 Å². The van der Waals surface area contributed by atoms with E-state index in [0.717, 1.165) is 42.8 Å². The fraction of sp³-hybridized carbons (Fsp3) is 0.211. The lowest BCUT2D eigenvalue weighted by Gasteiger charge is -2.25. The molecule has 5 rings (SSSR count). The highest BCUT2D eigenvalue weighted by Crippen LogP contribution is 2.26. The van der Waals surface area contributed by atoms with Crippen LogP contribution < -0.4 is 0 Å². The normalized spacial score (nSPS) is 16.5. The molecule has 0 amide bonds. The summed E-state index contributed by atoms with van der Waals surface area (Å²) in [6, 6.07) is 6.39. The lowest BCUT2D eigenvalue weighted by Crippen LogP contribution is -2.26. The van der Waals surface area contributed by atoms with Crippen LogP contribution in [0.4, 0.5) is 0 Å². The summed E-state index contributed by atoms with van der Waals surface area (Å²) < 4.78 is 2.36. The Hall–Kier alpha value is -2.95. The van der Waals surface area contributed by atoms with Crippen molar-refractivity contribution in [3.63, 3.8) is 0 Å². The zero-order valence-electron chi connectivity index (χ0n) is 13.3. The van der Waals surface area contributed by atoms with E-state index in [0.29, 0.717) is 0 Å². The van der Waals surface area contributed by atoms with Gasteiger partial charge in [-0.1, -0.05) is 12.1 Å². The van der Waals surface area contributed by atoms with Gasteiger partial charge in [0, 0.05) is 49.7 Å². The smallest absolute Gasteiger partial charge is 0.111 e. The lowest BCUT2D eigenvalue weighted by atomic mass is 10.1. The number of nitrogens with zero attached hydrogens (tertiary/aromatic N) is 5. The number of hydrogen-bond donors (Lipinski definition) is 0. The number of rotatable bonds is 2. The van der Waals surface area contributed by atoms with E-state index in [1.807, 2.05) is 0 Å². The molecule has 5 nitrogen and oxygen atoms in total. The van der Waals surface area contributed by atoms with Gasteiger partial charge in [0.25, 0.3) is 0 Å². The molecular weight excluding hydrogens is 298 g/mol. The topological polar surface area (TPSA) is 46.8 Å². The van der Waals surface area contributed by atoms with Crippen LogP contribution in [-0.4, -0.2) is 37.5 Å². The summed E-state index contributed by atoms with van der Waals surface area (Å²) in [6.45, 7) is 3.03. The Morgan fingerprint density at radius 1 is 1.04 bits per heavy atom. The van der Waals surface area contributed by atoms with Crippen LogP contribution in [0.3, 0.4) is 0 Å². The third-order valence-electron chi connectivity index (χ3n) is 4.78. The van der Waals surface area contributed by atoms with Crippen LogP contribution in [0.15, 0.2) is 60.7 Å². The lowest BCUT2D eigenvalue weighted by molar-refractivity contribution is 0.359. The fourth-order valence-corrected chi connectivity index (χ4v) is 3.45. The molecule has 3 heterocycles. The average Bonchev–Trinajstić information content (AvgIpc) is 2.81. The van der Waals surface area contributed by atoms with Gasteiger partial charge < -0.3 is 9.47 Å². The molecular formula is C19H17N5. The number of aromatic nitrogens is 4. The maximum absolute atomic E-state index is 4.89. The highest BCUT2D eigenvalue weighted by Gasteiger charge is 2.19. The molecule has 0 unspecified atom stereocenters. The number of imidazole rings is 1. The van der Waals surface area contributed by atoms with Gasteiger partial charge in [0.05, 0.1) is 22.9 Å². The maximum atomic E-state index is 4.89. The van der Waals surface area contributed by atoms with Crippen molar-refractivity contribution in [3.8, 4) is 11.3 Å². The zero-order valence-corrected chi connectivity index (χ0v) is 13.3. The minimum Gasteiger partial charge on any atom is -0.369 e. The monoisotopic (exact) mass is 315 g/mol. The van der Waals surface area contributed by atoms with Gasteiger partial charge in [0.15, 0.2) is 0 Å². The van der Waals surface area contributed by atoms with Crippen LogP contribution in [-0.2, 0) is 13.0 Å². The average molecular weight is 315 g/mol. The number of hydrogen-bond acceptors (Lipinski definition) is 4. The van der Waals surface area contributed by atoms with Gasteiger partial charge >= 0.3 is 0 Å². The second-order valence-corrected chi connectivity index (χ2v) is 6.16. The molecule has 0 N–H and O–H groups in total. The van der Waals surface area contributed by atoms with Crippen molar-refractivity contribution < 1.29 is 0 Å². The zero-order chi connectivity index (χ0) is 15.9. The molecule has 118 valence electrons. The first-order chi connectivity index (χ1) is 11.9. The molecule has 0 fully saturated rings. The van der Waals surface area contributed by atoms with E-state index in [9.17, 15) is 0 Å². The quantitative estimate of drug-likeness (QED) is 0.729. The molecule has 0 spiro atoms. The van der Waals surface area contributed by atoms with Crippen LogP contribution in [0.1, 0.15) is 5.82 Å². The Morgan fingerprint density at radius 2 is 2.00 bits per heavy atom. The number of fused-ring (bicyclic) bond motifs is 3. The molecule has 2 aromatic heterocycles. The fourth-order valence-electron chi connectivity index (χ4n) is 3.45. The SMILES string of the molecule is C1=CC(N2CCc3nc4cc(-c5cnccn5)ccc4n3CC2)=C1. The molecule has 1 aliphatic carbocycles. The Labute approximate surface area is 140 Å². The van der Waals surface area contributed by atoms with Crippen molar-refractivity contribution in [2.45, 2.75) is 13.0 Å². The summed E-state index contributed by atoms with van der Waals surface area (Å²) >= 11 is 0. The first kappa shape index (κ1) is 13.5. The van der Waals surface area contributed by atoms with Crippen LogP contribution in [0.2, 0.25) is 0 Å². The van der Waals surface area contributed by atoms with Crippen molar-refractivity contribution in [1.82, 2.24) is 24.4 Å². The van der Waals surface area contributed by atoms with Gasteiger partial charge in [-0.25, -0.2) is 4.98 Å². The Bertz CT molecular complexity index is 968. The van der Waals surface area contributed by atoms with E-state index in [1.165, 1.54) is 17.0 Å². The molecule has 0 bridgehead atoms. The van der Waals surface area contributed by atoms with Crippen molar-refractivity contribution in [2.75, 3.05) is 13.1 Å². The summed E-state index contributed by atoms with van der Waals surface area (Å²) in [5.41, 5.74) is 5.55. The predicted molar refractivity (Wildman–Crippen MR) is 93.3 cm³/mol. The van der Waals surface area contributed by atoms with Crippen LogP contribution in [0.25, 0.3) is 22.3 Å². The standard InChI is InChI=1S/C19H17N5/c1-2-15(3-1)23-9-6-19-22-16-12-14(17-13-20-7-8-21-17)4-5-18(16)24(19)11-10-23/h1-5,7-8,12-13H,6,9-11H2. The van der Waals surface area contributed by atoms with E-state index in [-0.39, 0.29) is 0 Å². The minimum absolute atomic E-state index is 0.887. The summed E-state index contributed by atoms with van der Waals surface area (Å²) in [6.07, 6.45) is 12.6. The first-order valence-electron chi connectivity index (χ1n) is 8.27. The molecule has 0 radical (unpaired) electrons. The van der Waals surface area contributed by atoms with E-state index in [1.54, 1.807) is 18.6 Å². The van der Waals surface area contributed by atoms with E-state index in [2.05, 4.69) is 55.9 Å². The molecule has 0 atom stereocenters. The third kappa shape index (κ3) is 2.12. The Kier molecular flexibility index (Phi) is 2.98. The van der Waals surface area contributed by atoms with Crippen molar-refractivity contribution in [3.05, 3.63) is 66.5 Å². The largest absolute Gasteiger partial charge is 0.369 e. The van der Waals surface area contributed by atoms with E-state index >= 15 is 0 Å². The Balaban J connectivity index is 1.50. The molecule has 2 aliphatic rings. The molecule has 3 aromatic rings. The first-order valence-corrected chi connectivity index (χ1v) is 8.27. The van der Waals surface area contributed by atoms with E-state index < -0.39 is 0 Å². The Morgan fingerprint density at radius 3 is 2.79 bits per heavy atom. The van der Waals surface area contributed by atoms with E-state index in [4.69, 9.17) is 4.98 Å². The minimum atomic E-state index is 0.887. The molecule has 1 aromatic carbocycles. The van der Waals surface area contributed by atoms with Gasteiger partial charge in [0.1, 0.15) is 5.82 Å². The predicted octanol–water partition coefficient (Wildman–Crippen LogP) is 2.81. The maximum Gasteiger partial charge on any atom is 0.111 e. The second kappa shape index (κ2) is 5.30. The van der Waals surface area contributed by atoms with Crippen LogP contribution in [0, 0.1) is 0 Å². The highest BCUT2D eigenvalue weighted by atomic mass is 15.2. The number of allylic oxidation sites excluding steroid dienone is 3. The summed E-state index contributed by atoms with van der Waals surface area (Å²) in [4.78, 5) is 15.9. The van der Waals surface area contributed by atoms with Gasteiger partial charge in [-0.05, 0) is 24.3 Å². The molecule has 0 saturated heterocycles. The molecule has 0 saturated carbocycles. The second-order valence-electron chi connectivity index (χ2n) is 6.16. The summed E-state index contributed by atoms with van der Waals surface area (Å²) in [7, 11) is 0.